The molecule has 2 aromatic rings. The molecule has 31 heavy (non-hydrogen) atoms. The first-order chi connectivity index (χ1) is 14.8. The van der Waals surface area contributed by atoms with E-state index in [0.29, 0.717) is 26.2 Å². The molecule has 0 aliphatic carbocycles. The second-order valence-electron chi connectivity index (χ2n) is 7.56. The topological polar surface area (TPSA) is 53.1 Å². The van der Waals surface area contributed by atoms with Crippen molar-refractivity contribution in [2.24, 2.45) is 0 Å². The predicted octanol–water partition coefficient (Wildman–Crippen LogP) is 3.17. The van der Waals surface area contributed by atoms with Crippen LogP contribution >= 0.6 is 0 Å². The summed E-state index contributed by atoms with van der Waals surface area (Å²) in [6, 6.07) is 11.2. The number of benzene rings is 2. The lowest BCUT2D eigenvalue weighted by atomic mass is 10.1. The molecule has 0 radical (unpaired) electrons. The molecule has 0 bridgehead atoms. The normalized spacial score (nSPS) is 20.5. The summed E-state index contributed by atoms with van der Waals surface area (Å²) in [7, 11) is 1.61. The van der Waals surface area contributed by atoms with Crippen molar-refractivity contribution in [3.63, 3.8) is 0 Å². The van der Waals surface area contributed by atoms with Gasteiger partial charge in [-0.2, -0.15) is 13.2 Å². The van der Waals surface area contributed by atoms with Crippen LogP contribution in [0.5, 0.6) is 5.75 Å². The highest BCUT2D eigenvalue weighted by Crippen LogP contribution is 2.32. The van der Waals surface area contributed by atoms with Crippen LogP contribution in [0.3, 0.4) is 0 Å². The summed E-state index contributed by atoms with van der Waals surface area (Å²) < 4.78 is 43.6. The number of amides is 2. The Morgan fingerprint density at radius 1 is 0.935 bits per heavy atom. The molecule has 2 aliphatic rings. The second-order valence-corrected chi connectivity index (χ2v) is 7.56. The van der Waals surface area contributed by atoms with Crippen molar-refractivity contribution < 1.29 is 27.5 Å². The van der Waals surface area contributed by atoms with Crippen LogP contribution in [0.15, 0.2) is 48.5 Å². The van der Waals surface area contributed by atoms with Crippen LogP contribution in [0.4, 0.5) is 24.5 Å². The summed E-state index contributed by atoms with van der Waals surface area (Å²) in [4.78, 5) is 30.6. The van der Waals surface area contributed by atoms with Crippen LogP contribution in [0.25, 0.3) is 0 Å². The van der Waals surface area contributed by atoms with Gasteiger partial charge in [0.2, 0.25) is 5.91 Å². The van der Waals surface area contributed by atoms with Crippen molar-refractivity contribution >= 4 is 23.2 Å². The van der Waals surface area contributed by atoms with E-state index in [0.717, 1.165) is 28.5 Å². The molecule has 4 rings (SSSR count). The molecule has 2 saturated heterocycles. The second kappa shape index (κ2) is 8.22. The smallest absolute Gasteiger partial charge is 0.416 e. The van der Waals surface area contributed by atoms with Gasteiger partial charge in [0.1, 0.15) is 5.75 Å². The summed E-state index contributed by atoms with van der Waals surface area (Å²) >= 11 is 0. The molecule has 2 fully saturated rings. The van der Waals surface area contributed by atoms with Crippen LogP contribution in [-0.4, -0.2) is 56.0 Å². The fourth-order valence-electron chi connectivity index (χ4n) is 4.07. The summed E-state index contributed by atoms with van der Waals surface area (Å²) in [5.41, 5.74) is 0.375. The minimum Gasteiger partial charge on any atom is -0.497 e. The zero-order valence-corrected chi connectivity index (χ0v) is 16.9. The number of carbonyl (C=O) groups excluding carboxylic acids is 2. The molecule has 2 aromatic carbocycles. The first kappa shape index (κ1) is 21.2. The molecule has 164 valence electrons. The highest BCUT2D eigenvalue weighted by atomic mass is 19.4. The summed E-state index contributed by atoms with van der Waals surface area (Å²) in [6.45, 7) is 2.57. The van der Waals surface area contributed by atoms with E-state index in [1.807, 2.05) is 29.2 Å². The van der Waals surface area contributed by atoms with Gasteiger partial charge < -0.3 is 9.64 Å². The van der Waals surface area contributed by atoms with Crippen LogP contribution in [0, 0.1) is 0 Å². The van der Waals surface area contributed by atoms with Crippen LogP contribution < -0.4 is 14.5 Å². The number of halogens is 3. The fraction of sp³-hybridized carbons (Fsp3) is 0.364. The maximum atomic E-state index is 12.9. The molecule has 2 aliphatic heterocycles. The zero-order chi connectivity index (χ0) is 22.2. The Bertz CT molecular complexity index is 970. The third-order valence-corrected chi connectivity index (χ3v) is 5.75. The molecule has 1 atom stereocenters. The first-order valence-corrected chi connectivity index (χ1v) is 9.95. The van der Waals surface area contributed by atoms with E-state index in [4.69, 9.17) is 4.74 Å². The molecule has 9 heteroatoms. The average Bonchev–Trinajstić information content (AvgIpc) is 3.07. The number of nitrogens with zero attached hydrogens (tertiary/aromatic N) is 3. The molecule has 0 unspecified atom stereocenters. The van der Waals surface area contributed by atoms with Crippen molar-refractivity contribution in [2.45, 2.75) is 18.6 Å². The van der Waals surface area contributed by atoms with Gasteiger partial charge in [-0.1, -0.05) is 6.07 Å². The molecular weight excluding hydrogens is 411 g/mol. The maximum Gasteiger partial charge on any atom is 0.416 e. The lowest BCUT2D eigenvalue weighted by Gasteiger charge is -2.38. The van der Waals surface area contributed by atoms with Gasteiger partial charge in [0, 0.05) is 37.9 Å². The van der Waals surface area contributed by atoms with Crippen LogP contribution in [0.2, 0.25) is 0 Å². The van der Waals surface area contributed by atoms with Crippen molar-refractivity contribution in [3.05, 3.63) is 54.1 Å². The van der Waals surface area contributed by atoms with Gasteiger partial charge in [0.25, 0.3) is 5.91 Å². The monoisotopic (exact) mass is 433 g/mol. The highest BCUT2D eigenvalue weighted by molar-refractivity contribution is 6.22. The van der Waals surface area contributed by atoms with E-state index in [2.05, 4.69) is 4.90 Å². The Kier molecular flexibility index (Phi) is 5.62. The van der Waals surface area contributed by atoms with Crippen LogP contribution in [-0.2, 0) is 15.8 Å². The third-order valence-electron chi connectivity index (χ3n) is 5.75. The molecule has 6 nitrogen and oxygen atoms in total. The number of rotatable bonds is 4. The SMILES string of the molecule is COc1cccc(N2CCN([C@@H]3CC(=O)N(c4ccc(C(F)(F)F)cc4)C3=O)CC2)c1. The van der Waals surface area contributed by atoms with Gasteiger partial charge in [-0.05, 0) is 36.4 Å². The molecule has 2 heterocycles. The number of hydrogen-bond acceptors (Lipinski definition) is 5. The molecule has 0 saturated carbocycles. The van der Waals surface area contributed by atoms with Crippen molar-refractivity contribution in [1.29, 1.82) is 0 Å². The van der Waals surface area contributed by atoms with Gasteiger partial charge in [-0.15, -0.1) is 0 Å². The number of anilines is 2. The standard InChI is InChI=1S/C22H22F3N3O3/c1-31-18-4-2-3-17(13-18)26-9-11-27(12-10-26)19-14-20(29)28(21(19)30)16-7-5-15(6-8-16)22(23,24)25/h2-8,13,19H,9-12,14H2,1H3/t19-/m1/s1. The van der Waals surface area contributed by atoms with Gasteiger partial charge in [-0.3, -0.25) is 14.5 Å². The first-order valence-electron chi connectivity index (χ1n) is 9.95. The Balaban J connectivity index is 1.42. The van der Waals surface area contributed by atoms with E-state index >= 15 is 0 Å². The molecule has 0 aromatic heterocycles. The van der Waals surface area contributed by atoms with Gasteiger partial charge in [0.15, 0.2) is 0 Å². The largest absolute Gasteiger partial charge is 0.497 e. The minimum atomic E-state index is -4.47. The van der Waals surface area contributed by atoms with Gasteiger partial charge >= 0.3 is 6.18 Å². The summed E-state index contributed by atoms with van der Waals surface area (Å²) in [5.74, 6) is -0.0201. The maximum absolute atomic E-state index is 12.9. The third kappa shape index (κ3) is 4.23. The number of imide groups is 1. The van der Waals surface area contributed by atoms with E-state index in [1.165, 1.54) is 12.1 Å². The van der Waals surface area contributed by atoms with E-state index in [9.17, 15) is 22.8 Å². The number of ether oxygens (including phenoxy) is 1. The number of carbonyl (C=O) groups is 2. The minimum absolute atomic E-state index is 0.0268. The van der Waals surface area contributed by atoms with Gasteiger partial charge in [0.05, 0.1) is 30.8 Å². The highest BCUT2D eigenvalue weighted by Gasteiger charge is 2.43. The molecular formula is C22H22F3N3O3. The molecule has 0 spiro atoms. The van der Waals surface area contributed by atoms with E-state index < -0.39 is 23.7 Å². The van der Waals surface area contributed by atoms with Crippen LogP contribution in [0.1, 0.15) is 12.0 Å². The quantitative estimate of drug-likeness (QED) is 0.694. The Morgan fingerprint density at radius 2 is 1.61 bits per heavy atom. The van der Waals surface area contributed by atoms with E-state index in [-0.39, 0.29) is 18.0 Å². The average molecular weight is 433 g/mol. The number of methoxy groups -OCH3 is 1. The predicted molar refractivity (Wildman–Crippen MR) is 109 cm³/mol. The van der Waals surface area contributed by atoms with Crippen molar-refractivity contribution in [2.75, 3.05) is 43.1 Å². The fourth-order valence-corrected chi connectivity index (χ4v) is 4.07. The summed E-state index contributed by atoms with van der Waals surface area (Å²) in [6.07, 6.45) is -4.44. The lowest BCUT2D eigenvalue weighted by Crippen LogP contribution is -2.52. The number of hydrogen-bond donors (Lipinski definition) is 0. The lowest BCUT2D eigenvalue weighted by molar-refractivity contribution is -0.137. The number of piperazine rings is 1. The summed E-state index contributed by atoms with van der Waals surface area (Å²) in [5, 5.41) is 0. The molecule has 0 N–H and O–H groups in total. The number of alkyl halides is 3. The van der Waals surface area contributed by atoms with Crippen molar-refractivity contribution in [3.8, 4) is 5.75 Å². The Morgan fingerprint density at radius 3 is 2.23 bits per heavy atom. The Hall–Kier alpha value is -3.07. The van der Waals surface area contributed by atoms with Gasteiger partial charge in [-0.25, -0.2) is 4.90 Å². The zero-order valence-electron chi connectivity index (χ0n) is 16.9. The molecule has 2 amide bonds. The Labute approximate surface area is 177 Å². The van der Waals surface area contributed by atoms with E-state index in [1.54, 1.807) is 7.11 Å². The van der Waals surface area contributed by atoms with Crippen molar-refractivity contribution in [1.82, 2.24) is 4.90 Å².